The Hall–Kier alpha value is -3.35. The summed E-state index contributed by atoms with van der Waals surface area (Å²) in [5, 5.41) is 0. The van der Waals surface area contributed by atoms with E-state index in [1.165, 1.54) is 24.3 Å². The van der Waals surface area contributed by atoms with Crippen LogP contribution in [0.1, 0.15) is 36.6 Å². The second-order valence-electron chi connectivity index (χ2n) is 7.41. The Kier molecular flexibility index (Phi) is 5.70. The van der Waals surface area contributed by atoms with Crippen LogP contribution in [0.4, 0.5) is 14.7 Å². The van der Waals surface area contributed by atoms with Gasteiger partial charge in [-0.25, -0.2) is 18.7 Å². The Morgan fingerprint density at radius 1 is 1.13 bits per heavy atom. The van der Waals surface area contributed by atoms with E-state index in [-0.39, 0.29) is 29.5 Å². The Balaban J connectivity index is 1.58. The highest BCUT2D eigenvalue weighted by atomic mass is 19.1. The van der Waals surface area contributed by atoms with Crippen LogP contribution in [-0.2, 0) is 11.2 Å². The highest BCUT2D eigenvalue weighted by Crippen LogP contribution is 2.37. The van der Waals surface area contributed by atoms with Gasteiger partial charge in [0.1, 0.15) is 11.6 Å². The zero-order chi connectivity index (χ0) is 21.1. The smallest absolute Gasteiger partial charge is 0.223 e. The molecule has 1 unspecified atom stereocenters. The van der Waals surface area contributed by atoms with Gasteiger partial charge in [-0.15, -0.1) is 0 Å². The number of aryl methyl sites for hydroxylation is 1. The number of aromatic nitrogens is 2. The quantitative estimate of drug-likeness (QED) is 0.683. The maximum atomic E-state index is 13.8. The summed E-state index contributed by atoms with van der Waals surface area (Å²) < 4.78 is 26.9. The molecule has 1 aliphatic rings. The Bertz CT molecular complexity index is 1060. The maximum Gasteiger partial charge on any atom is 0.223 e. The molecule has 2 N–H and O–H groups in total. The van der Waals surface area contributed by atoms with Crippen molar-refractivity contribution < 1.29 is 13.6 Å². The summed E-state index contributed by atoms with van der Waals surface area (Å²) >= 11 is 0. The molecule has 5 nitrogen and oxygen atoms in total. The summed E-state index contributed by atoms with van der Waals surface area (Å²) in [5.41, 5.74) is 8.71. The molecule has 0 aliphatic carbocycles. The normalized spacial score (nSPS) is 16.1. The molecule has 1 fully saturated rings. The lowest BCUT2D eigenvalue weighted by molar-refractivity contribution is -0.132. The average Bonchev–Trinajstić information content (AvgIpc) is 3.23. The SMILES string of the molecule is Nc1ncc(-c2cccc(F)c2)c(C2CCCN2C(=O)CCc2ccc(F)cc2)n1. The number of nitrogens with zero attached hydrogens (tertiary/aromatic N) is 3. The predicted octanol–water partition coefficient (Wildman–Crippen LogP) is 4.30. The van der Waals surface area contributed by atoms with Crippen LogP contribution in [0.5, 0.6) is 0 Å². The third-order valence-electron chi connectivity index (χ3n) is 5.40. The maximum absolute atomic E-state index is 13.8. The first-order valence-corrected chi connectivity index (χ1v) is 9.93. The highest BCUT2D eigenvalue weighted by Gasteiger charge is 2.32. The summed E-state index contributed by atoms with van der Waals surface area (Å²) in [6, 6.07) is 12.2. The van der Waals surface area contributed by atoms with Crippen molar-refractivity contribution in [1.82, 2.24) is 14.9 Å². The molecule has 3 aromatic rings. The van der Waals surface area contributed by atoms with E-state index in [0.29, 0.717) is 36.2 Å². The van der Waals surface area contributed by atoms with Crippen molar-refractivity contribution in [2.45, 2.75) is 31.7 Å². The molecule has 1 aromatic heterocycles. The summed E-state index contributed by atoms with van der Waals surface area (Å²) in [5.74, 6) is -0.523. The minimum atomic E-state index is -0.353. The van der Waals surface area contributed by atoms with Crippen molar-refractivity contribution in [3.05, 3.63) is 77.6 Å². The van der Waals surface area contributed by atoms with Crippen molar-refractivity contribution in [2.75, 3.05) is 12.3 Å². The van der Waals surface area contributed by atoms with Crippen LogP contribution in [0.3, 0.4) is 0 Å². The first-order chi connectivity index (χ1) is 14.5. The Labute approximate surface area is 173 Å². The second-order valence-corrected chi connectivity index (χ2v) is 7.41. The summed E-state index contributed by atoms with van der Waals surface area (Å²) in [6.07, 6.45) is 4.04. The summed E-state index contributed by atoms with van der Waals surface area (Å²) in [6.45, 7) is 0.624. The molecule has 1 saturated heterocycles. The molecule has 0 spiro atoms. The number of anilines is 1. The van der Waals surface area contributed by atoms with E-state index in [9.17, 15) is 13.6 Å². The number of rotatable bonds is 5. The van der Waals surface area contributed by atoms with Crippen LogP contribution in [0.15, 0.2) is 54.7 Å². The zero-order valence-electron chi connectivity index (χ0n) is 16.4. The van der Waals surface area contributed by atoms with Gasteiger partial charge in [0.05, 0.1) is 11.7 Å². The van der Waals surface area contributed by atoms with E-state index in [4.69, 9.17) is 5.73 Å². The molecule has 2 heterocycles. The number of halogens is 2. The standard InChI is InChI=1S/C23H22F2N4O/c24-17-9-6-15(7-10-17)8-11-21(30)29-12-2-5-20(29)22-19(14-27-23(26)28-22)16-3-1-4-18(25)13-16/h1,3-4,6-7,9-10,13-14,20H,2,5,8,11-12H2,(H2,26,27,28). The van der Waals surface area contributed by atoms with E-state index in [2.05, 4.69) is 9.97 Å². The first kappa shape index (κ1) is 19.9. The number of benzene rings is 2. The zero-order valence-corrected chi connectivity index (χ0v) is 16.4. The molecule has 1 amide bonds. The van der Waals surface area contributed by atoms with E-state index in [1.807, 2.05) is 4.90 Å². The molecule has 7 heteroatoms. The average molecular weight is 408 g/mol. The third kappa shape index (κ3) is 4.30. The van der Waals surface area contributed by atoms with Gasteiger partial charge < -0.3 is 10.6 Å². The fourth-order valence-corrected chi connectivity index (χ4v) is 3.94. The molecule has 4 rings (SSSR count). The van der Waals surface area contributed by atoms with Crippen molar-refractivity contribution in [2.24, 2.45) is 0 Å². The van der Waals surface area contributed by atoms with Gasteiger partial charge in [-0.2, -0.15) is 0 Å². The lowest BCUT2D eigenvalue weighted by Crippen LogP contribution is -2.31. The van der Waals surface area contributed by atoms with Gasteiger partial charge >= 0.3 is 0 Å². The fourth-order valence-electron chi connectivity index (χ4n) is 3.94. The van der Waals surface area contributed by atoms with Gasteiger partial charge in [0, 0.05) is 24.7 Å². The molecule has 0 bridgehead atoms. The predicted molar refractivity (Wildman–Crippen MR) is 110 cm³/mol. The molecule has 2 aromatic carbocycles. The lowest BCUT2D eigenvalue weighted by atomic mass is 9.99. The molecule has 1 aliphatic heterocycles. The number of carbonyl (C=O) groups is 1. The number of amides is 1. The molecule has 154 valence electrons. The largest absolute Gasteiger partial charge is 0.368 e. The van der Waals surface area contributed by atoms with Crippen molar-refractivity contribution >= 4 is 11.9 Å². The van der Waals surface area contributed by atoms with Crippen LogP contribution >= 0.6 is 0 Å². The van der Waals surface area contributed by atoms with Gasteiger partial charge in [-0.1, -0.05) is 24.3 Å². The summed E-state index contributed by atoms with van der Waals surface area (Å²) in [7, 11) is 0. The van der Waals surface area contributed by atoms with Crippen LogP contribution in [0, 0.1) is 11.6 Å². The number of hydrogen-bond donors (Lipinski definition) is 1. The van der Waals surface area contributed by atoms with Crippen LogP contribution < -0.4 is 5.73 Å². The number of likely N-dealkylation sites (tertiary alicyclic amines) is 1. The van der Waals surface area contributed by atoms with Gasteiger partial charge in [-0.05, 0) is 54.7 Å². The number of hydrogen-bond acceptors (Lipinski definition) is 4. The first-order valence-electron chi connectivity index (χ1n) is 9.93. The summed E-state index contributed by atoms with van der Waals surface area (Å²) in [4.78, 5) is 23.3. The Morgan fingerprint density at radius 2 is 1.93 bits per heavy atom. The highest BCUT2D eigenvalue weighted by molar-refractivity contribution is 5.78. The van der Waals surface area contributed by atoms with Gasteiger partial charge in [-0.3, -0.25) is 4.79 Å². The minimum absolute atomic E-state index is 0.00389. The molecule has 0 saturated carbocycles. The second kappa shape index (κ2) is 8.57. The minimum Gasteiger partial charge on any atom is -0.368 e. The topological polar surface area (TPSA) is 72.1 Å². The number of nitrogens with two attached hydrogens (primary N) is 1. The van der Waals surface area contributed by atoms with E-state index in [0.717, 1.165) is 18.4 Å². The molecule has 30 heavy (non-hydrogen) atoms. The van der Waals surface area contributed by atoms with Gasteiger partial charge in [0.2, 0.25) is 11.9 Å². The number of nitrogen functional groups attached to an aromatic ring is 1. The van der Waals surface area contributed by atoms with Crippen molar-refractivity contribution in [3.63, 3.8) is 0 Å². The van der Waals surface area contributed by atoms with Gasteiger partial charge in [0.15, 0.2) is 0 Å². The van der Waals surface area contributed by atoms with Crippen molar-refractivity contribution in [3.8, 4) is 11.1 Å². The fraction of sp³-hybridized carbons (Fsp3) is 0.261. The molecule has 1 atom stereocenters. The molecular weight excluding hydrogens is 386 g/mol. The van der Waals surface area contributed by atoms with Crippen LogP contribution in [0.2, 0.25) is 0 Å². The van der Waals surface area contributed by atoms with Crippen LogP contribution in [-0.4, -0.2) is 27.3 Å². The van der Waals surface area contributed by atoms with Gasteiger partial charge in [0.25, 0.3) is 0 Å². The van der Waals surface area contributed by atoms with E-state index in [1.54, 1.807) is 30.5 Å². The third-order valence-corrected chi connectivity index (χ3v) is 5.40. The number of carbonyl (C=O) groups excluding carboxylic acids is 1. The Morgan fingerprint density at radius 3 is 2.70 bits per heavy atom. The van der Waals surface area contributed by atoms with Crippen LogP contribution in [0.25, 0.3) is 11.1 Å². The molecular formula is C23H22F2N4O. The van der Waals surface area contributed by atoms with E-state index < -0.39 is 0 Å². The molecule has 0 radical (unpaired) electrons. The van der Waals surface area contributed by atoms with Crippen molar-refractivity contribution in [1.29, 1.82) is 0 Å². The van der Waals surface area contributed by atoms with E-state index >= 15 is 0 Å². The monoisotopic (exact) mass is 408 g/mol. The lowest BCUT2D eigenvalue weighted by Gasteiger charge is -2.26.